The van der Waals surface area contributed by atoms with Crippen molar-refractivity contribution in [2.45, 2.75) is 11.8 Å². The van der Waals surface area contributed by atoms with E-state index in [1.807, 2.05) is 0 Å². The summed E-state index contributed by atoms with van der Waals surface area (Å²) in [7, 11) is -3.69. The highest BCUT2D eigenvalue weighted by atomic mass is 35.5. The minimum absolute atomic E-state index is 0.132. The smallest absolute Gasteiger partial charge is 0.261 e. The number of benzene rings is 2. The number of sulfonamides is 1. The number of hydrogen-bond donors (Lipinski definition) is 2. The molecule has 0 unspecified atom stereocenters. The quantitative estimate of drug-likeness (QED) is 0.839. The van der Waals surface area contributed by atoms with Gasteiger partial charge < -0.3 is 5.73 Å². The highest BCUT2D eigenvalue weighted by Crippen LogP contribution is 2.22. The molecule has 0 aromatic heterocycles. The van der Waals surface area contributed by atoms with E-state index in [1.165, 1.54) is 24.3 Å². The highest BCUT2D eigenvalue weighted by molar-refractivity contribution is 7.92. The summed E-state index contributed by atoms with van der Waals surface area (Å²) in [6.07, 6.45) is 0. The molecule has 0 spiro atoms. The lowest BCUT2D eigenvalue weighted by molar-refractivity contribution is 0.601. The largest absolute Gasteiger partial charge is 0.389 e. The van der Waals surface area contributed by atoms with E-state index in [-0.39, 0.29) is 9.88 Å². The van der Waals surface area contributed by atoms with Gasteiger partial charge in [-0.1, -0.05) is 36.0 Å². The van der Waals surface area contributed by atoms with Crippen molar-refractivity contribution < 1.29 is 8.42 Å². The molecule has 2 rings (SSSR count). The molecule has 0 aliphatic rings. The van der Waals surface area contributed by atoms with Crippen molar-refractivity contribution in [1.29, 1.82) is 0 Å². The Bertz CT molecular complexity index is 787. The van der Waals surface area contributed by atoms with Gasteiger partial charge in [-0.2, -0.15) is 0 Å². The molecule has 110 valence electrons. The Balaban J connectivity index is 2.38. The van der Waals surface area contributed by atoms with Crippen LogP contribution in [0.1, 0.15) is 11.1 Å². The molecule has 2 aromatic rings. The van der Waals surface area contributed by atoms with Gasteiger partial charge in [0, 0.05) is 10.6 Å². The van der Waals surface area contributed by atoms with Crippen molar-refractivity contribution in [3.05, 3.63) is 58.6 Å². The van der Waals surface area contributed by atoms with Crippen molar-refractivity contribution in [2.75, 3.05) is 4.72 Å². The van der Waals surface area contributed by atoms with Crippen LogP contribution in [0.2, 0.25) is 5.02 Å². The van der Waals surface area contributed by atoms with Crippen LogP contribution in [-0.2, 0) is 10.0 Å². The number of hydrogen-bond acceptors (Lipinski definition) is 3. The van der Waals surface area contributed by atoms with Crippen molar-refractivity contribution in [3.8, 4) is 0 Å². The lowest BCUT2D eigenvalue weighted by atomic mass is 10.1. The first-order chi connectivity index (χ1) is 9.79. The molecule has 0 atom stereocenters. The second-order valence-corrected chi connectivity index (χ2v) is 7.01. The Hall–Kier alpha value is -1.63. The van der Waals surface area contributed by atoms with Crippen LogP contribution in [0.15, 0.2) is 47.4 Å². The Morgan fingerprint density at radius 2 is 1.81 bits per heavy atom. The summed E-state index contributed by atoms with van der Waals surface area (Å²) < 4.78 is 27.2. The van der Waals surface area contributed by atoms with Gasteiger partial charge in [-0.15, -0.1) is 0 Å². The highest BCUT2D eigenvalue weighted by Gasteiger charge is 2.15. The van der Waals surface area contributed by atoms with Crippen molar-refractivity contribution in [2.24, 2.45) is 5.73 Å². The fourth-order valence-corrected chi connectivity index (χ4v) is 3.08. The Morgan fingerprint density at radius 1 is 1.19 bits per heavy atom. The zero-order chi connectivity index (χ0) is 15.6. The number of nitrogens with one attached hydrogen (secondary N) is 1. The van der Waals surface area contributed by atoms with E-state index in [4.69, 9.17) is 29.6 Å². The maximum atomic E-state index is 12.3. The van der Waals surface area contributed by atoms with E-state index >= 15 is 0 Å². The first-order valence-electron chi connectivity index (χ1n) is 5.98. The molecule has 0 heterocycles. The molecule has 21 heavy (non-hydrogen) atoms. The summed E-state index contributed by atoms with van der Waals surface area (Å²) in [5.74, 6) is 0. The summed E-state index contributed by atoms with van der Waals surface area (Å²) in [5.41, 5.74) is 7.38. The molecule has 0 radical (unpaired) electrons. The maximum Gasteiger partial charge on any atom is 0.261 e. The van der Waals surface area contributed by atoms with E-state index in [0.717, 1.165) is 5.56 Å². The first-order valence-corrected chi connectivity index (χ1v) is 8.25. The topological polar surface area (TPSA) is 72.2 Å². The normalized spacial score (nSPS) is 11.1. The van der Waals surface area contributed by atoms with Crippen LogP contribution in [-0.4, -0.2) is 13.4 Å². The van der Waals surface area contributed by atoms with Gasteiger partial charge in [0.1, 0.15) is 4.99 Å². The maximum absolute atomic E-state index is 12.3. The molecule has 0 saturated carbocycles. The predicted molar refractivity (Wildman–Crippen MR) is 89.3 cm³/mol. The molecular formula is C14H13ClN2O2S2. The van der Waals surface area contributed by atoms with Crippen LogP contribution in [0.25, 0.3) is 0 Å². The molecule has 2 aromatic carbocycles. The number of rotatable bonds is 4. The summed E-state index contributed by atoms with van der Waals surface area (Å²) in [6, 6.07) is 11.1. The second kappa shape index (κ2) is 6.01. The first kappa shape index (κ1) is 15.8. The number of halogens is 1. The molecule has 3 N–H and O–H groups in total. The van der Waals surface area contributed by atoms with Gasteiger partial charge in [0.15, 0.2) is 0 Å². The fraction of sp³-hybridized carbons (Fsp3) is 0.0714. The molecule has 0 amide bonds. The number of anilines is 1. The molecule has 0 aliphatic heterocycles. The average molecular weight is 341 g/mol. The van der Waals surface area contributed by atoms with E-state index < -0.39 is 10.0 Å². The minimum atomic E-state index is -3.69. The van der Waals surface area contributed by atoms with Crippen LogP contribution in [0.4, 0.5) is 5.69 Å². The van der Waals surface area contributed by atoms with Crippen LogP contribution in [0.3, 0.4) is 0 Å². The minimum Gasteiger partial charge on any atom is -0.389 e. The van der Waals surface area contributed by atoms with Crippen LogP contribution in [0.5, 0.6) is 0 Å². The third-order valence-corrected chi connectivity index (χ3v) is 4.76. The van der Waals surface area contributed by atoms with Gasteiger partial charge in [-0.3, -0.25) is 4.72 Å². The number of nitrogens with two attached hydrogens (primary N) is 1. The third-order valence-electron chi connectivity index (χ3n) is 2.89. The van der Waals surface area contributed by atoms with Crippen LogP contribution >= 0.6 is 23.8 Å². The molecule has 0 fully saturated rings. The lowest BCUT2D eigenvalue weighted by Gasteiger charge is -2.12. The molecule has 0 saturated heterocycles. The summed E-state index contributed by atoms with van der Waals surface area (Å²) >= 11 is 10.7. The van der Waals surface area contributed by atoms with Crippen molar-refractivity contribution >= 4 is 44.5 Å². The lowest BCUT2D eigenvalue weighted by Crippen LogP contribution is -2.15. The van der Waals surface area contributed by atoms with Crippen LogP contribution in [0, 0.1) is 6.92 Å². The van der Waals surface area contributed by atoms with Crippen molar-refractivity contribution in [1.82, 2.24) is 0 Å². The zero-order valence-electron chi connectivity index (χ0n) is 11.1. The molecule has 7 heteroatoms. The number of aryl methyl sites for hydroxylation is 1. The van der Waals surface area contributed by atoms with Gasteiger partial charge in [-0.05, 0) is 42.8 Å². The molecule has 0 bridgehead atoms. The number of thiocarbonyl (C=S) groups is 1. The van der Waals surface area contributed by atoms with E-state index in [0.29, 0.717) is 16.3 Å². The van der Waals surface area contributed by atoms with Gasteiger partial charge >= 0.3 is 0 Å². The van der Waals surface area contributed by atoms with Gasteiger partial charge in [0.05, 0.1) is 10.6 Å². The van der Waals surface area contributed by atoms with Gasteiger partial charge in [0.2, 0.25) is 0 Å². The monoisotopic (exact) mass is 340 g/mol. The predicted octanol–water partition coefficient (Wildman–Crippen LogP) is 3.08. The SMILES string of the molecule is Cc1ccc(C(N)=S)cc1NS(=O)(=O)c1ccc(Cl)cc1. The molecular weight excluding hydrogens is 328 g/mol. The Labute approximate surface area is 134 Å². The van der Waals surface area contributed by atoms with E-state index in [2.05, 4.69) is 4.72 Å². The van der Waals surface area contributed by atoms with E-state index in [9.17, 15) is 8.42 Å². The van der Waals surface area contributed by atoms with Crippen LogP contribution < -0.4 is 10.5 Å². The summed E-state index contributed by atoms with van der Waals surface area (Å²) in [5, 5.41) is 0.473. The standard InChI is InChI=1S/C14H13ClN2O2S2/c1-9-2-3-10(14(16)20)8-13(9)17-21(18,19)12-6-4-11(15)5-7-12/h2-8,17H,1H3,(H2,16,20). The third kappa shape index (κ3) is 3.72. The Kier molecular flexibility index (Phi) is 4.51. The van der Waals surface area contributed by atoms with Gasteiger partial charge in [-0.25, -0.2) is 8.42 Å². The van der Waals surface area contributed by atoms with Crippen molar-refractivity contribution in [3.63, 3.8) is 0 Å². The average Bonchev–Trinajstić information content (AvgIpc) is 2.41. The van der Waals surface area contributed by atoms with Gasteiger partial charge in [0.25, 0.3) is 10.0 Å². The second-order valence-electron chi connectivity index (χ2n) is 4.45. The fourth-order valence-electron chi connectivity index (χ4n) is 1.70. The van der Waals surface area contributed by atoms with E-state index in [1.54, 1.807) is 25.1 Å². The Morgan fingerprint density at radius 3 is 2.38 bits per heavy atom. The summed E-state index contributed by atoms with van der Waals surface area (Å²) in [4.78, 5) is 0.342. The molecule has 0 aliphatic carbocycles. The molecule has 4 nitrogen and oxygen atoms in total. The zero-order valence-corrected chi connectivity index (χ0v) is 13.5. The summed E-state index contributed by atoms with van der Waals surface area (Å²) in [6.45, 7) is 1.79.